The summed E-state index contributed by atoms with van der Waals surface area (Å²) in [5, 5.41) is 24.5. The number of amides is 1. The van der Waals surface area contributed by atoms with Gasteiger partial charge < -0.3 is 15.7 Å². The summed E-state index contributed by atoms with van der Waals surface area (Å²) in [6.07, 6.45) is 3.60. The van der Waals surface area contributed by atoms with Gasteiger partial charge in [-0.05, 0) is 18.9 Å². The van der Waals surface area contributed by atoms with Crippen LogP contribution in [0.2, 0.25) is 0 Å². The highest BCUT2D eigenvalue weighted by atomic mass is 16.3. The summed E-state index contributed by atoms with van der Waals surface area (Å²) < 4.78 is 0. The molecule has 3 N–H and O–H groups in total. The lowest BCUT2D eigenvalue weighted by molar-refractivity contribution is 0.0930. The van der Waals surface area contributed by atoms with Gasteiger partial charge in [-0.3, -0.25) is 4.79 Å². The van der Waals surface area contributed by atoms with Gasteiger partial charge >= 0.3 is 0 Å². The topological polar surface area (TPSA) is 87.1 Å². The van der Waals surface area contributed by atoms with Crippen molar-refractivity contribution in [1.82, 2.24) is 15.5 Å². The van der Waals surface area contributed by atoms with Crippen LogP contribution in [0.15, 0.2) is 36.9 Å². The minimum Gasteiger partial charge on any atom is -0.396 e. The Bertz CT molecular complexity index is 740. The maximum Gasteiger partial charge on any atom is 0.274 e. The monoisotopic (exact) mass is 312 g/mol. The van der Waals surface area contributed by atoms with Crippen LogP contribution in [0, 0.1) is 5.41 Å². The highest BCUT2D eigenvalue weighted by molar-refractivity contribution is 6.05. The molecule has 1 heterocycles. The fraction of sp³-hybridized carbons (Fsp3) is 0.353. The van der Waals surface area contributed by atoms with Crippen LogP contribution in [-0.4, -0.2) is 40.9 Å². The zero-order valence-corrected chi connectivity index (χ0v) is 12.9. The van der Waals surface area contributed by atoms with Crippen LogP contribution in [0.1, 0.15) is 23.3 Å². The molecule has 1 saturated carbocycles. The molecule has 0 spiro atoms. The van der Waals surface area contributed by atoms with E-state index in [0.717, 1.165) is 23.7 Å². The van der Waals surface area contributed by atoms with Crippen molar-refractivity contribution in [1.29, 1.82) is 0 Å². The average Bonchev–Trinajstić information content (AvgIpc) is 3.38. The normalized spacial score (nSPS) is 15.2. The number of anilines is 1. The summed E-state index contributed by atoms with van der Waals surface area (Å²) in [6, 6.07) is 7.54. The number of nitrogens with zero attached hydrogens (tertiary/aromatic N) is 2. The van der Waals surface area contributed by atoms with Crippen molar-refractivity contribution in [3.05, 3.63) is 42.6 Å². The van der Waals surface area contributed by atoms with E-state index in [1.54, 1.807) is 6.08 Å². The number of carbonyl (C=O) groups excluding carboxylic acids is 1. The SMILES string of the molecule is C=CCNc1c(C(=O)NCC2(CO)CC2)nnc2ccccc12. The molecule has 6 nitrogen and oxygen atoms in total. The minimum absolute atomic E-state index is 0.0955. The molecule has 2 aromatic rings. The van der Waals surface area contributed by atoms with Crippen molar-refractivity contribution < 1.29 is 9.90 Å². The smallest absolute Gasteiger partial charge is 0.274 e. The molecule has 0 atom stereocenters. The van der Waals surface area contributed by atoms with Crippen molar-refractivity contribution in [3.8, 4) is 0 Å². The molecule has 1 amide bonds. The van der Waals surface area contributed by atoms with Gasteiger partial charge in [-0.15, -0.1) is 16.8 Å². The Labute approximate surface area is 134 Å². The Kier molecular flexibility index (Phi) is 4.25. The number of nitrogens with one attached hydrogen (secondary N) is 2. The third kappa shape index (κ3) is 3.17. The maximum absolute atomic E-state index is 12.5. The van der Waals surface area contributed by atoms with E-state index in [0.29, 0.717) is 18.8 Å². The number of hydrogen-bond acceptors (Lipinski definition) is 5. The van der Waals surface area contributed by atoms with Gasteiger partial charge in [0.15, 0.2) is 5.69 Å². The predicted octanol–water partition coefficient (Wildman–Crippen LogP) is 1.73. The first-order valence-electron chi connectivity index (χ1n) is 7.68. The van der Waals surface area contributed by atoms with E-state index in [1.165, 1.54) is 0 Å². The zero-order chi connectivity index (χ0) is 16.3. The van der Waals surface area contributed by atoms with Gasteiger partial charge in [0.05, 0.1) is 17.8 Å². The van der Waals surface area contributed by atoms with Crippen LogP contribution in [0.25, 0.3) is 10.9 Å². The molecule has 0 radical (unpaired) electrons. The zero-order valence-electron chi connectivity index (χ0n) is 12.9. The second kappa shape index (κ2) is 6.34. The lowest BCUT2D eigenvalue weighted by Crippen LogP contribution is -2.33. The second-order valence-electron chi connectivity index (χ2n) is 5.95. The van der Waals surface area contributed by atoms with Gasteiger partial charge in [0, 0.05) is 23.9 Å². The van der Waals surface area contributed by atoms with Crippen molar-refractivity contribution >= 4 is 22.5 Å². The second-order valence-corrected chi connectivity index (χ2v) is 5.95. The first kappa shape index (κ1) is 15.4. The van der Waals surface area contributed by atoms with Gasteiger partial charge in [-0.25, -0.2) is 0 Å². The Morgan fingerprint density at radius 1 is 1.35 bits per heavy atom. The number of aliphatic hydroxyl groups is 1. The minimum atomic E-state index is -0.283. The van der Waals surface area contributed by atoms with Crippen LogP contribution < -0.4 is 10.6 Å². The van der Waals surface area contributed by atoms with Crippen LogP contribution in [0.4, 0.5) is 5.69 Å². The van der Waals surface area contributed by atoms with E-state index in [9.17, 15) is 9.90 Å². The number of benzene rings is 1. The standard InChI is InChI=1S/C17H20N4O2/c1-2-9-18-14-12-5-3-4-6-13(12)20-21-15(14)16(23)19-10-17(11-22)7-8-17/h2-6,22H,1,7-11H2,(H,18,20)(H,19,23). The number of hydrogen-bond donors (Lipinski definition) is 3. The van der Waals surface area contributed by atoms with Crippen LogP contribution in [-0.2, 0) is 0 Å². The van der Waals surface area contributed by atoms with E-state index in [-0.39, 0.29) is 23.6 Å². The van der Waals surface area contributed by atoms with E-state index < -0.39 is 0 Å². The average molecular weight is 312 g/mol. The summed E-state index contributed by atoms with van der Waals surface area (Å²) >= 11 is 0. The molecule has 1 aliphatic carbocycles. The van der Waals surface area contributed by atoms with Crippen molar-refractivity contribution in [3.63, 3.8) is 0 Å². The summed E-state index contributed by atoms with van der Waals surface area (Å²) in [5.41, 5.74) is 1.50. The first-order valence-corrected chi connectivity index (χ1v) is 7.68. The number of aliphatic hydroxyl groups excluding tert-OH is 1. The van der Waals surface area contributed by atoms with Crippen LogP contribution >= 0.6 is 0 Å². The fourth-order valence-corrected chi connectivity index (χ4v) is 2.48. The van der Waals surface area contributed by atoms with Crippen molar-refractivity contribution in [2.24, 2.45) is 5.41 Å². The molecule has 1 aliphatic rings. The molecule has 0 unspecified atom stereocenters. The van der Waals surface area contributed by atoms with E-state index in [2.05, 4.69) is 27.4 Å². The lowest BCUT2D eigenvalue weighted by Gasteiger charge is -2.15. The number of fused-ring (bicyclic) bond motifs is 1. The van der Waals surface area contributed by atoms with E-state index in [1.807, 2.05) is 24.3 Å². The van der Waals surface area contributed by atoms with Gasteiger partial charge in [0.25, 0.3) is 5.91 Å². The maximum atomic E-state index is 12.5. The van der Waals surface area contributed by atoms with Gasteiger partial charge in [-0.1, -0.05) is 24.3 Å². The third-order valence-corrected chi connectivity index (χ3v) is 4.22. The number of carbonyl (C=O) groups is 1. The molecular formula is C17H20N4O2. The van der Waals surface area contributed by atoms with Crippen LogP contribution in [0.5, 0.6) is 0 Å². The van der Waals surface area contributed by atoms with Crippen LogP contribution in [0.3, 0.4) is 0 Å². The molecule has 0 bridgehead atoms. The Balaban J connectivity index is 1.88. The highest BCUT2D eigenvalue weighted by Gasteiger charge is 2.42. The van der Waals surface area contributed by atoms with Gasteiger partial charge in [-0.2, -0.15) is 0 Å². The Hall–Kier alpha value is -2.47. The molecule has 3 rings (SSSR count). The van der Waals surface area contributed by atoms with Crippen molar-refractivity contribution in [2.75, 3.05) is 25.0 Å². The molecule has 1 fully saturated rings. The van der Waals surface area contributed by atoms with Gasteiger partial charge in [0.2, 0.25) is 0 Å². The van der Waals surface area contributed by atoms with E-state index >= 15 is 0 Å². The quantitative estimate of drug-likeness (QED) is 0.678. The molecule has 0 saturated heterocycles. The van der Waals surface area contributed by atoms with E-state index in [4.69, 9.17) is 0 Å². The fourth-order valence-electron chi connectivity index (χ4n) is 2.48. The largest absolute Gasteiger partial charge is 0.396 e. The molecule has 6 heteroatoms. The predicted molar refractivity (Wildman–Crippen MR) is 89.3 cm³/mol. The third-order valence-electron chi connectivity index (χ3n) is 4.22. The summed E-state index contributed by atoms with van der Waals surface area (Å²) in [7, 11) is 0. The summed E-state index contributed by atoms with van der Waals surface area (Å²) in [5.74, 6) is -0.283. The number of rotatable bonds is 7. The molecular weight excluding hydrogens is 292 g/mol. The van der Waals surface area contributed by atoms with Crippen molar-refractivity contribution in [2.45, 2.75) is 12.8 Å². The highest BCUT2D eigenvalue weighted by Crippen LogP contribution is 2.44. The number of aromatic nitrogens is 2. The molecule has 1 aromatic carbocycles. The summed E-state index contributed by atoms with van der Waals surface area (Å²) in [6.45, 7) is 4.77. The molecule has 120 valence electrons. The Morgan fingerprint density at radius 2 is 2.13 bits per heavy atom. The molecule has 0 aliphatic heterocycles. The Morgan fingerprint density at radius 3 is 2.83 bits per heavy atom. The summed E-state index contributed by atoms with van der Waals surface area (Å²) in [4.78, 5) is 12.5. The lowest BCUT2D eigenvalue weighted by atomic mass is 10.1. The first-order chi connectivity index (χ1) is 11.2. The molecule has 1 aromatic heterocycles. The van der Waals surface area contributed by atoms with Gasteiger partial charge in [0.1, 0.15) is 0 Å². The molecule has 23 heavy (non-hydrogen) atoms.